The number of nitrogens with one attached hydrogen (secondary N) is 2. The average Bonchev–Trinajstić information content (AvgIpc) is 3.20. The molecule has 2 heterocycles. The molecule has 1 saturated heterocycles. The van der Waals surface area contributed by atoms with E-state index in [1.165, 1.54) is 0 Å². The molecule has 7 nitrogen and oxygen atoms in total. The predicted octanol–water partition coefficient (Wildman–Crippen LogP) is 3.08. The Kier molecular flexibility index (Phi) is 7.86. The fraction of sp³-hybridized carbons (Fsp3) is 0.455. The minimum Gasteiger partial charge on any atom is -0.433 e. The number of alkyl halides is 2. The van der Waals surface area contributed by atoms with Crippen molar-refractivity contribution in [3.63, 3.8) is 0 Å². The number of hydrogen-bond acceptors (Lipinski definition) is 5. The smallest absolute Gasteiger partial charge is 0.387 e. The predicted molar refractivity (Wildman–Crippen MR) is 120 cm³/mol. The first-order chi connectivity index (χ1) is 15.0. The number of rotatable bonds is 8. The van der Waals surface area contributed by atoms with Crippen molar-refractivity contribution in [1.29, 1.82) is 0 Å². The number of benzene rings is 1. The highest BCUT2D eigenvalue weighted by molar-refractivity contribution is 5.80. The Morgan fingerprint density at radius 2 is 2.06 bits per heavy atom. The quantitative estimate of drug-likeness (QED) is 0.494. The number of nitrogens with zero attached hydrogens (tertiary/aromatic N) is 4. The summed E-state index contributed by atoms with van der Waals surface area (Å²) >= 11 is 0. The third-order valence-corrected chi connectivity index (χ3v) is 4.94. The van der Waals surface area contributed by atoms with Gasteiger partial charge in [0.25, 0.3) is 0 Å². The number of aliphatic imine (C=N–C) groups is 1. The molecule has 1 aliphatic heterocycles. The van der Waals surface area contributed by atoms with Gasteiger partial charge in [-0.15, -0.1) is 0 Å². The molecule has 1 aliphatic rings. The van der Waals surface area contributed by atoms with E-state index in [4.69, 9.17) is 0 Å². The molecule has 31 heavy (non-hydrogen) atoms. The van der Waals surface area contributed by atoms with Crippen LogP contribution in [0.1, 0.15) is 19.0 Å². The van der Waals surface area contributed by atoms with Crippen molar-refractivity contribution in [3.8, 4) is 5.75 Å². The zero-order valence-corrected chi connectivity index (χ0v) is 18.2. The molecular weight excluding hydrogens is 402 g/mol. The summed E-state index contributed by atoms with van der Waals surface area (Å²) in [5.41, 5.74) is 1.56. The van der Waals surface area contributed by atoms with Crippen LogP contribution in [0.5, 0.6) is 5.75 Å². The second-order valence-electron chi connectivity index (χ2n) is 7.50. The van der Waals surface area contributed by atoms with Crippen LogP contribution in [-0.2, 0) is 6.54 Å². The van der Waals surface area contributed by atoms with Gasteiger partial charge in [-0.1, -0.05) is 18.2 Å². The largest absolute Gasteiger partial charge is 0.433 e. The Balaban J connectivity index is 1.64. The van der Waals surface area contributed by atoms with Gasteiger partial charge in [-0.05, 0) is 37.6 Å². The van der Waals surface area contributed by atoms with Crippen molar-refractivity contribution in [2.45, 2.75) is 32.5 Å². The van der Waals surface area contributed by atoms with Crippen LogP contribution in [0.25, 0.3) is 0 Å². The van der Waals surface area contributed by atoms with Crippen LogP contribution in [0, 0.1) is 0 Å². The molecule has 1 aromatic heterocycles. The summed E-state index contributed by atoms with van der Waals surface area (Å²) in [7, 11) is 3.91. The molecule has 0 bridgehead atoms. The molecule has 0 radical (unpaired) electrons. The minimum absolute atomic E-state index is 0.137. The monoisotopic (exact) mass is 432 g/mol. The SMILES string of the molecule is CCNC(=NCc1cccc(N(C)C)n1)NC1CCN(c2ccccc2OC(F)F)C1. The number of para-hydroxylation sites is 2. The van der Waals surface area contributed by atoms with E-state index in [-0.39, 0.29) is 11.8 Å². The molecule has 0 aliphatic carbocycles. The standard InChI is InChI=1S/C22H30F2N6O/c1-4-25-22(26-14-16-8-7-11-20(27-16)29(2)3)28-17-12-13-30(15-17)18-9-5-6-10-19(18)31-21(23)24/h5-11,17,21H,4,12-15H2,1-3H3,(H2,25,26,28). The summed E-state index contributed by atoms with van der Waals surface area (Å²) in [5, 5.41) is 6.72. The summed E-state index contributed by atoms with van der Waals surface area (Å²) in [6.45, 7) is 1.78. The first kappa shape index (κ1) is 22.6. The maximum Gasteiger partial charge on any atom is 0.387 e. The van der Waals surface area contributed by atoms with Crippen LogP contribution in [-0.4, -0.2) is 57.3 Å². The maximum absolute atomic E-state index is 12.7. The minimum atomic E-state index is -2.84. The lowest BCUT2D eigenvalue weighted by Gasteiger charge is -2.22. The molecule has 1 unspecified atom stereocenters. The third-order valence-electron chi connectivity index (χ3n) is 4.94. The molecule has 9 heteroatoms. The van der Waals surface area contributed by atoms with Crippen molar-refractivity contribution in [2.75, 3.05) is 43.5 Å². The number of halogens is 2. The van der Waals surface area contributed by atoms with Crippen LogP contribution in [0.3, 0.4) is 0 Å². The third kappa shape index (κ3) is 6.44. The number of pyridine rings is 1. The molecular formula is C22H30F2N6O. The van der Waals surface area contributed by atoms with Gasteiger partial charge in [-0.3, -0.25) is 0 Å². The summed E-state index contributed by atoms with van der Waals surface area (Å²) in [5.74, 6) is 1.80. The zero-order chi connectivity index (χ0) is 22.2. The van der Waals surface area contributed by atoms with Gasteiger partial charge >= 0.3 is 6.61 Å². The normalized spacial score (nSPS) is 16.5. The van der Waals surface area contributed by atoms with Gasteiger partial charge in [0.1, 0.15) is 11.6 Å². The van der Waals surface area contributed by atoms with E-state index < -0.39 is 6.61 Å². The highest BCUT2D eigenvalue weighted by atomic mass is 19.3. The first-order valence-electron chi connectivity index (χ1n) is 10.4. The lowest BCUT2D eigenvalue weighted by molar-refractivity contribution is -0.0495. The van der Waals surface area contributed by atoms with E-state index in [0.717, 1.165) is 31.0 Å². The Morgan fingerprint density at radius 1 is 1.26 bits per heavy atom. The summed E-state index contributed by atoms with van der Waals surface area (Å²) < 4.78 is 30.1. The van der Waals surface area contributed by atoms with Crippen molar-refractivity contribution in [3.05, 3.63) is 48.2 Å². The Morgan fingerprint density at radius 3 is 2.81 bits per heavy atom. The van der Waals surface area contributed by atoms with E-state index >= 15 is 0 Å². The Hall–Kier alpha value is -3.10. The fourth-order valence-corrected chi connectivity index (χ4v) is 3.49. The lowest BCUT2D eigenvalue weighted by atomic mass is 10.2. The molecule has 1 fully saturated rings. The van der Waals surface area contributed by atoms with E-state index in [2.05, 4.69) is 30.2 Å². The van der Waals surface area contributed by atoms with Crippen molar-refractivity contribution < 1.29 is 13.5 Å². The molecule has 0 spiro atoms. The second kappa shape index (κ2) is 10.8. The number of aromatic nitrogens is 1. The maximum atomic E-state index is 12.7. The van der Waals surface area contributed by atoms with Gasteiger partial charge in [-0.2, -0.15) is 8.78 Å². The van der Waals surface area contributed by atoms with Gasteiger partial charge in [0, 0.05) is 39.8 Å². The van der Waals surface area contributed by atoms with Gasteiger partial charge in [0.05, 0.1) is 17.9 Å². The Bertz CT molecular complexity index is 877. The molecule has 2 N–H and O–H groups in total. The van der Waals surface area contributed by atoms with E-state index in [1.807, 2.05) is 56.3 Å². The van der Waals surface area contributed by atoms with Crippen LogP contribution >= 0.6 is 0 Å². The average molecular weight is 433 g/mol. The van der Waals surface area contributed by atoms with Crippen molar-refractivity contribution in [1.82, 2.24) is 15.6 Å². The molecule has 2 aromatic rings. The summed E-state index contributed by atoms with van der Waals surface area (Å²) in [6, 6.07) is 12.9. The van der Waals surface area contributed by atoms with Crippen molar-refractivity contribution >= 4 is 17.5 Å². The molecule has 168 valence electrons. The first-order valence-corrected chi connectivity index (χ1v) is 10.4. The second-order valence-corrected chi connectivity index (χ2v) is 7.50. The van der Waals surface area contributed by atoms with Crippen LogP contribution in [0.2, 0.25) is 0 Å². The van der Waals surface area contributed by atoms with Gasteiger partial charge in [0.15, 0.2) is 5.96 Å². The van der Waals surface area contributed by atoms with Gasteiger partial charge in [0.2, 0.25) is 0 Å². The molecule has 0 saturated carbocycles. The molecule has 1 aromatic carbocycles. The highest BCUT2D eigenvalue weighted by Gasteiger charge is 2.26. The fourth-order valence-electron chi connectivity index (χ4n) is 3.49. The van der Waals surface area contributed by atoms with Crippen molar-refractivity contribution in [2.24, 2.45) is 4.99 Å². The van der Waals surface area contributed by atoms with Crippen LogP contribution < -0.4 is 25.2 Å². The van der Waals surface area contributed by atoms with E-state index in [0.29, 0.717) is 24.7 Å². The van der Waals surface area contributed by atoms with Gasteiger partial charge < -0.3 is 25.2 Å². The summed E-state index contributed by atoms with van der Waals surface area (Å²) in [6.07, 6.45) is 0.863. The summed E-state index contributed by atoms with van der Waals surface area (Å²) in [4.78, 5) is 13.3. The van der Waals surface area contributed by atoms with Gasteiger partial charge in [-0.25, -0.2) is 9.98 Å². The number of guanidine groups is 1. The highest BCUT2D eigenvalue weighted by Crippen LogP contribution is 2.31. The lowest BCUT2D eigenvalue weighted by Crippen LogP contribution is -2.44. The molecule has 0 amide bonds. The van der Waals surface area contributed by atoms with Crippen LogP contribution in [0.4, 0.5) is 20.3 Å². The van der Waals surface area contributed by atoms with E-state index in [9.17, 15) is 8.78 Å². The van der Waals surface area contributed by atoms with E-state index in [1.54, 1.807) is 12.1 Å². The molecule has 1 atom stereocenters. The number of anilines is 2. The number of ether oxygens (including phenoxy) is 1. The Labute approximate surface area is 182 Å². The number of hydrogen-bond donors (Lipinski definition) is 2. The topological polar surface area (TPSA) is 65.0 Å². The molecule has 3 rings (SSSR count). The van der Waals surface area contributed by atoms with Crippen LogP contribution in [0.15, 0.2) is 47.5 Å². The zero-order valence-electron chi connectivity index (χ0n) is 18.2.